The molecule has 2 saturated carbocycles. The summed E-state index contributed by atoms with van der Waals surface area (Å²) in [4.78, 5) is 19.1. The summed E-state index contributed by atoms with van der Waals surface area (Å²) in [5.74, 6) is 1.76. The first-order valence-electron chi connectivity index (χ1n) is 11.1. The van der Waals surface area contributed by atoms with Crippen LogP contribution in [0.2, 0.25) is 0 Å². The van der Waals surface area contributed by atoms with Crippen LogP contribution in [0.1, 0.15) is 70.6 Å². The number of carbonyl (C=O) groups is 1. The van der Waals surface area contributed by atoms with Gasteiger partial charge in [0.15, 0.2) is 5.96 Å². The van der Waals surface area contributed by atoms with E-state index >= 15 is 0 Å². The van der Waals surface area contributed by atoms with Gasteiger partial charge < -0.3 is 20.6 Å². The topological polar surface area (TPSA) is 77.0 Å². The van der Waals surface area contributed by atoms with E-state index in [1.165, 1.54) is 38.5 Å². The summed E-state index contributed by atoms with van der Waals surface area (Å²) in [5, 5.41) is 17.2. The van der Waals surface area contributed by atoms with E-state index in [2.05, 4.69) is 15.6 Å². The highest BCUT2D eigenvalue weighted by atomic mass is 16.3. The van der Waals surface area contributed by atoms with Crippen LogP contribution in [0.5, 0.6) is 0 Å². The minimum Gasteiger partial charge on any atom is -0.391 e. The summed E-state index contributed by atoms with van der Waals surface area (Å²) in [6.45, 7) is 2.15. The van der Waals surface area contributed by atoms with Gasteiger partial charge in [0.1, 0.15) is 0 Å². The molecule has 1 aliphatic heterocycles. The molecular formula is C21H38N4O2. The maximum Gasteiger partial charge on any atom is 0.225 e. The van der Waals surface area contributed by atoms with Crippen LogP contribution in [-0.4, -0.2) is 60.7 Å². The number of likely N-dealkylation sites (tertiary alicyclic amines) is 1. The lowest BCUT2D eigenvalue weighted by molar-refractivity contribution is -0.135. The zero-order valence-electron chi connectivity index (χ0n) is 17.0. The SMILES string of the molecule is CN=C(NCC(O)C1CCCCC1)NC1CCN(C(=O)C2CCCCC2)C1. The average Bonchev–Trinajstić information content (AvgIpc) is 3.20. The first-order chi connectivity index (χ1) is 13.2. The monoisotopic (exact) mass is 378 g/mol. The van der Waals surface area contributed by atoms with Crippen molar-refractivity contribution in [1.29, 1.82) is 0 Å². The number of hydrogen-bond acceptors (Lipinski definition) is 3. The van der Waals surface area contributed by atoms with Crippen LogP contribution in [0.15, 0.2) is 4.99 Å². The van der Waals surface area contributed by atoms with E-state index in [0.29, 0.717) is 18.4 Å². The highest BCUT2D eigenvalue weighted by molar-refractivity contribution is 5.81. The van der Waals surface area contributed by atoms with E-state index in [-0.39, 0.29) is 18.1 Å². The molecule has 2 aliphatic carbocycles. The van der Waals surface area contributed by atoms with Crippen molar-refractivity contribution in [3.8, 4) is 0 Å². The minimum atomic E-state index is -0.309. The number of aliphatic imine (C=N–C) groups is 1. The quantitative estimate of drug-likeness (QED) is 0.507. The summed E-state index contributed by atoms with van der Waals surface area (Å²) in [7, 11) is 1.77. The van der Waals surface area contributed by atoms with Crippen LogP contribution in [0.4, 0.5) is 0 Å². The van der Waals surface area contributed by atoms with Gasteiger partial charge in [-0.1, -0.05) is 38.5 Å². The molecule has 2 unspecified atom stereocenters. The van der Waals surface area contributed by atoms with Gasteiger partial charge in [0.2, 0.25) is 5.91 Å². The van der Waals surface area contributed by atoms with Gasteiger partial charge in [0.25, 0.3) is 0 Å². The number of hydrogen-bond donors (Lipinski definition) is 3. The molecule has 0 bridgehead atoms. The highest BCUT2D eigenvalue weighted by Crippen LogP contribution is 2.27. The minimum absolute atomic E-state index is 0.246. The van der Waals surface area contributed by atoms with E-state index < -0.39 is 0 Å². The summed E-state index contributed by atoms with van der Waals surface area (Å²) in [6.07, 6.45) is 12.5. The fourth-order valence-electron chi connectivity index (χ4n) is 4.96. The Hall–Kier alpha value is -1.30. The standard InChI is InChI=1S/C21H38N4O2/c1-22-21(23-14-19(26)16-8-4-2-5-9-16)24-18-12-13-25(15-18)20(27)17-10-6-3-7-11-17/h16-19,26H,2-15H2,1H3,(H2,22,23,24). The van der Waals surface area contributed by atoms with Gasteiger partial charge in [-0.3, -0.25) is 9.79 Å². The normalized spacial score (nSPS) is 26.8. The lowest BCUT2D eigenvalue weighted by atomic mass is 9.85. The molecule has 6 nitrogen and oxygen atoms in total. The van der Waals surface area contributed by atoms with Gasteiger partial charge in [-0.15, -0.1) is 0 Å². The van der Waals surface area contributed by atoms with E-state index in [9.17, 15) is 9.90 Å². The molecule has 3 aliphatic rings. The molecule has 1 heterocycles. The van der Waals surface area contributed by atoms with Gasteiger partial charge in [-0.25, -0.2) is 0 Å². The van der Waals surface area contributed by atoms with Gasteiger partial charge in [0.05, 0.1) is 6.10 Å². The Morgan fingerprint density at radius 3 is 2.41 bits per heavy atom. The van der Waals surface area contributed by atoms with Crippen LogP contribution in [-0.2, 0) is 4.79 Å². The van der Waals surface area contributed by atoms with E-state index in [0.717, 1.165) is 51.2 Å². The number of rotatable bonds is 5. The van der Waals surface area contributed by atoms with Crippen LogP contribution in [0.3, 0.4) is 0 Å². The molecule has 0 spiro atoms. The molecular weight excluding hydrogens is 340 g/mol. The van der Waals surface area contributed by atoms with E-state index in [1.54, 1.807) is 7.05 Å². The number of carbonyl (C=O) groups excluding carboxylic acids is 1. The second-order valence-electron chi connectivity index (χ2n) is 8.67. The van der Waals surface area contributed by atoms with Gasteiger partial charge in [-0.05, 0) is 38.0 Å². The van der Waals surface area contributed by atoms with E-state index in [1.807, 2.05) is 4.90 Å². The first kappa shape index (κ1) is 20.4. The van der Waals surface area contributed by atoms with Crippen molar-refractivity contribution in [3.05, 3.63) is 0 Å². The van der Waals surface area contributed by atoms with Crippen LogP contribution >= 0.6 is 0 Å². The Morgan fingerprint density at radius 1 is 1.07 bits per heavy atom. The predicted molar refractivity (Wildman–Crippen MR) is 109 cm³/mol. The number of nitrogens with one attached hydrogen (secondary N) is 2. The maximum atomic E-state index is 12.7. The molecule has 2 atom stereocenters. The third-order valence-electron chi connectivity index (χ3n) is 6.69. The summed E-state index contributed by atoms with van der Waals surface area (Å²) < 4.78 is 0. The molecule has 154 valence electrons. The van der Waals surface area contributed by atoms with Gasteiger partial charge in [0, 0.05) is 38.6 Å². The third-order valence-corrected chi connectivity index (χ3v) is 6.69. The number of aliphatic hydroxyl groups excluding tert-OH is 1. The third kappa shape index (κ3) is 5.84. The Balaban J connectivity index is 1.40. The lowest BCUT2D eigenvalue weighted by Gasteiger charge is -2.28. The molecule has 3 N–H and O–H groups in total. The van der Waals surface area contributed by atoms with Crippen molar-refractivity contribution < 1.29 is 9.90 Å². The fourth-order valence-corrected chi connectivity index (χ4v) is 4.96. The Labute approximate surface area is 164 Å². The van der Waals surface area contributed by atoms with Gasteiger partial charge >= 0.3 is 0 Å². The Morgan fingerprint density at radius 2 is 1.74 bits per heavy atom. The van der Waals surface area contributed by atoms with Crippen molar-refractivity contribution in [2.24, 2.45) is 16.8 Å². The van der Waals surface area contributed by atoms with Crippen LogP contribution in [0, 0.1) is 11.8 Å². The average molecular weight is 379 g/mol. The molecule has 3 fully saturated rings. The lowest BCUT2D eigenvalue weighted by Crippen LogP contribution is -2.48. The molecule has 0 radical (unpaired) electrons. The summed E-state index contributed by atoms with van der Waals surface area (Å²) in [6, 6.07) is 0.246. The molecule has 0 aromatic carbocycles. The molecule has 0 aromatic rings. The molecule has 27 heavy (non-hydrogen) atoms. The molecule has 1 amide bonds. The second kappa shape index (κ2) is 10.3. The Bertz CT molecular complexity index is 498. The highest BCUT2D eigenvalue weighted by Gasteiger charge is 2.32. The number of amides is 1. The maximum absolute atomic E-state index is 12.7. The van der Waals surface area contributed by atoms with Crippen LogP contribution in [0.25, 0.3) is 0 Å². The van der Waals surface area contributed by atoms with Crippen molar-refractivity contribution >= 4 is 11.9 Å². The summed E-state index contributed by atoms with van der Waals surface area (Å²) in [5.41, 5.74) is 0. The van der Waals surface area contributed by atoms with Gasteiger partial charge in [-0.2, -0.15) is 0 Å². The zero-order valence-corrected chi connectivity index (χ0v) is 17.0. The number of aliphatic hydroxyl groups is 1. The largest absolute Gasteiger partial charge is 0.391 e. The Kier molecular flexibility index (Phi) is 7.80. The predicted octanol–water partition coefficient (Wildman–Crippen LogP) is 2.27. The number of nitrogens with zero attached hydrogens (tertiary/aromatic N) is 2. The van der Waals surface area contributed by atoms with Crippen molar-refractivity contribution in [1.82, 2.24) is 15.5 Å². The fraction of sp³-hybridized carbons (Fsp3) is 0.905. The second-order valence-corrected chi connectivity index (χ2v) is 8.67. The zero-order chi connectivity index (χ0) is 19.1. The molecule has 0 aromatic heterocycles. The number of guanidine groups is 1. The summed E-state index contributed by atoms with van der Waals surface area (Å²) >= 11 is 0. The van der Waals surface area contributed by atoms with E-state index in [4.69, 9.17) is 0 Å². The molecule has 6 heteroatoms. The van der Waals surface area contributed by atoms with Crippen molar-refractivity contribution in [3.63, 3.8) is 0 Å². The van der Waals surface area contributed by atoms with Crippen LogP contribution < -0.4 is 10.6 Å². The van der Waals surface area contributed by atoms with Crippen molar-refractivity contribution in [2.45, 2.75) is 82.8 Å². The van der Waals surface area contributed by atoms with Crippen molar-refractivity contribution in [2.75, 3.05) is 26.7 Å². The molecule has 3 rings (SSSR count). The smallest absolute Gasteiger partial charge is 0.225 e. The molecule has 1 saturated heterocycles. The first-order valence-corrected chi connectivity index (χ1v) is 11.1.